The van der Waals surface area contributed by atoms with Gasteiger partial charge in [0.1, 0.15) is 5.58 Å². The summed E-state index contributed by atoms with van der Waals surface area (Å²) in [6, 6.07) is 19.8. The summed E-state index contributed by atoms with van der Waals surface area (Å²) in [5, 5.41) is 0.850. The van der Waals surface area contributed by atoms with Crippen molar-refractivity contribution >= 4 is 40.1 Å². The molecule has 3 aromatic carbocycles. The van der Waals surface area contributed by atoms with Gasteiger partial charge in [-0.25, -0.2) is 0 Å². The number of carbonyl (C=O) groups is 2. The highest BCUT2D eigenvalue weighted by Crippen LogP contribution is 2.52. The van der Waals surface area contributed by atoms with Gasteiger partial charge < -0.3 is 19.0 Å². The molecule has 6 rings (SSSR count). The van der Waals surface area contributed by atoms with E-state index in [2.05, 4.69) is 0 Å². The van der Waals surface area contributed by atoms with Gasteiger partial charge in [0.15, 0.2) is 11.0 Å². The fraction of sp³-hybridized carbons (Fsp3) is 0.207. The molecule has 186 valence electrons. The fourth-order valence-electron chi connectivity index (χ4n) is 5.54. The highest BCUT2D eigenvalue weighted by Gasteiger charge is 2.64. The zero-order valence-electron chi connectivity index (χ0n) is 20.3. The molecule has 4 aromatic rings. The van der Waals surface area contributed by atoms with Crippen molar-refractivity contribution in [2.24, 2.45) is 0 Å². The van der Waals surface area contributed by atoms with Crippen molar-refractivity contribution in [1.82, 2.24) is 4.90 Å². The maximum atomic E-state index is 14.6. The lowest BCUT2D eigenvalue weighted by molar-refractivity contribution is -0.126. The van der Waals surface area contributed by atoms with Crippen LogP contribution in [0.3, 0.4) is 0 Å². The second-order valence-corrected chi connectivity index (χ2v) is 9.70. The van der Waals surface area contributed by atoms with E-state index in [9.17, 15) is 14.4 Å². The molecule has 2 amide bonds. The van der Waals surface area contributed by atoms with Crippen LogP contribution in [0, 0.1) is 6.92 Å². The molecule has 1 aromatic heterocycles. The summed E-state index contributed by atoms with van der Waals surface area (Å²) in [7, 11) is 1.52. The Balaban J connectivity index is 1.66. The van der Waals surface area contributed by atoms with Gasteiger partial charge in [0, 0.05) is 24.2 Å². The SMILES string of the molecule is COCCN1C(=O)c2oc3ccc(C)cc3c(=O)c2C12C(=O)N(Cc1ccccc1Cl)c1ccccc12. The van der Waals surface area contributed by atoms with Gasteiger partial charge in [0.25, 0.3) is 11.8 Å². The van der Waals surface area contributed by atoms with E-state index in [1.54, 1.807) is 35.2 Å². The lowest BCUT2D eigenvalue weighted by atomic mass is 9.84. The minimum atomic E-state index is -1.68. The number of aryl methyl sites for hydroxylation is 1. The number of fused-ring (bicyclic) bond motifs is 5. The van der Waals surface area contributed by atoms with E-state index in [1.165, 1.54) is 12.0 Å². The molecule has 1 unspecified atom stereocenters. The van der Waals surface area contributed by atoms with Crippen LogP contribution in [0.4, 0.5) is 5.69 Å². The van der Waals surface area contributed by atoms with Crippen molar-refractivity contribution < 1.29 is 18.7 Å². The zero-order chi connectivity index (χ0) is 25.9. The summed E-state index contributed by atoms with van der Waals surface area (Å²) in [6.45, 7) is 2.32. The molecule has 0 N–H and O–H groups in total. The van der Waals surface area contributed by atoms with Gasteiger partial charge >= 0.3 is 0 Å². The fourth-order valence-corrected chi connectivity index (χ4v) is 5.74. The van der Waals surface area contributed by atoms with Crippen molar-refractivity contribution in [1.29, 1.82) is 0 Å². The van der Waals surface area contributed by atoms with Crippen LogP contribution in [-0.4, -0.2) is 37.0 Å². The van der Waals surface area contributed by atoms with Gasteiger partial charge in [0.2, 0.25) is 5.76 Å². The monoisotopic (exact) mass is 514 g/mol. The van der Waals surface area contributed by atoms with Gasteiger partial charge in [-0.3, -0.25) is 14.4 Å². The molecular weight excluding hydrogens is 492 g/mol. The average molecular weight is 515 g/mol. The number of hydrogen-bond acceptors (Lipinski definition) is 5. The van der Waals surface area contributed by atoms with Crippen molar-refractivity contribution in [2.75, 3.05) is 25.2 Å². The van der Waals surface area contributed by atoms with Crippen molar-refractivity contribution in [2.45, 2.75) is 19.0 Å². The van der Waals surface area contributed by atoms with Crippen molar-refractivity contribution in [3.05, 3.63) is 110 Å². The van der Waals surface area contributed by atoms with E-state index in [0.29, 0.717) is 27.2 Å². The van der Waals surface area contributed by atoms with Crippen LogP contribution in [0.2, 0.25) is 5.02 Å². The zero-order valence-corrected chi connectivity index (χ0v) is 21.0. The summed E-state index contributed by atoms with van der Waals surface area (Å²) in [5.74, 6) is -1.04. The molecule has 8 heteroatoms. The number of ether oxygens (including phenoxy) is 1. The van der Waals surface area contributed by atoms with Crippen LogP contribution in [0.15, 0.2) is 75.9 Å². The van der Waals surface area contributed by atoms with Crippen molar-refractivity contribution in [3.8, 4) is 0 Å². The van der Waals surface area contributed by atoms with Gasteiger partial charge in [-0.15, -0.1) is 0 Å². The van der Waals surface area contributed by atoms with Crippen LogP contribution in [0.1, 0.15) is 32.8 Å². The highest BCUT2D eigenvalue weighted by molar-refractivity contribution is 6.31. The number of carbonyl (C=O) groups excluding carboxylic acids is 2. The Morgan fingerprint density at radius 1 is 1.00 bits per heavy atom. The lowest BCUT2D eigenvalue weighted by Crippen LogP contribution is -2.54. The number of nitrogens with zero attached hydrogens (tertiary/aromatic N) is 2. The predicted molar refractivity (Wildman–Crippen MR) is 140 cm³/mol. The van der Waals surface area contributed by atoms with E-state index < -0.39 is 22.8 Å². The molecule has 0 aliphatic carbocycles. The molecule has 0 bridgehead atoms. The first kappa shape index (κ1) is 23.5. The smallest absolute Gasteiger partial charge is 0.291 e. The Kier molecular flexibility index (Phi) is 5.44. The predicted octanol–water partition coefficient (Wildman–Crippen LogP) is 4.65. The van der Waals surface area contributed by atoms with E-state index >= 15 is 0 Å². The van der Waals surface area contributed by atoms with Gasteiger partial charge in [-0.1, -0.05) is 59.6 Å². The third-order valence-corrected chi connectivity index (χ3v) is 7.57. The maximum Gasteiger partial charge on any atom is 0.291 e. The first-order valence-corrected chi connectivity index (χ1v) is 12.3. The average Bonchev–Trinajstić information content (AvgIpc) is 3.29. The first-order chi connectivity index (χ1) is 17.9. The van der Waals surface area contributed by atoms with E-state index in [-0.39, 0.29) is 31.0 Å². The number of methoxy groups -OCH3 is 1. The number of halogens is 1. The lowest BCUT2D eigenvalue weighted by Gasteiger charge is -2.34. The molecular formula is C29H23ClN2O5. The summed E-state index contributed by atoms with van der Waals surface area (Å²) in [4.78, 5) is 45.6. The highest BCUT2D eigenvalue weighted by atomic mass is 35.5. The van der Waals surface area contributed by atoms with E-state index in [4.69, 9.17) is 20.8 Å². The second kappa shape index (κ2) is 8.57. The second-order valence-electron chi connectivity index (χ2n) is 9.29. The Bertz CT molecular complexity index is 1660. The standard InChI is InChI=1S/C29H23ClN2O5/c1-17-11-12-23-19(15-17)25(33)24-26(37-23)27(34)32(13-14-36-2)29(24)20-8-4-6-10-22(20)31(28(29)35)16-18-7-3-5-9-21(18)30/h3-12,15H,13-14,16H2,1-2H3. The molecule has 37 heavy (non-hydrogen) atoms. The molecule has 0 radical (unpaired) electrons. The molecule has 3 heterocycles. The molecule has 7 nitrogen and oxygen atoms in total. The number of anilines is 1. The minimum Gasteiger partial charge on any atom is -0.450 e. The molecule has 1 spiro atoms. The Labute approximate surface area is 217 Å². The first-order valence-electron chi connectivity index (χ1n) is 11.9. The van der Waals surface area contributed by atoms with E-state index in [0.717, 1.165) is 11.1 Å². The van der Waals surface area contributed by atoms with Crippen LogP contribution >= 0.6 is 11.6 Å². The molecule has 0 fully saturated rings. The number of rotatable bonds is 5. The molecule has 2 aliphatic rings. The summed E-state index contributed by atoms with van der Waals surface area (Å²) < 4.78 is 11.4. The number of hydrogen-bond donors (Lipinski definition) is 0. The largest absolute Gasteiger partial charge is 0.450 e. The number of benzene rings is 3. The summed E-state index contributed by atoms with van der Waals surface area (Å²) in [6.07, 6.45) is 0. The summed E-state index contributed by atoms with van der Waals surface area (Å²) in [5.41, 5.74) is 1.06. The summed E-state index contributed by atoms with van der Waals surface area (Å²) >= 11 is 6.45. The third-order valence-electron chi connectivity index (χ3n) is 7.20. The van der Waals surface area contributed by atoms with Gasteiger partial charge in [-0.05, 0) is 36.8 Å². The topological polar surface area (TPSA) is 80.1 Å². The van der Waals surface area contributed by atoms with Crippen LogP contribution in [-0.2, 0) is 21.6 Å². The van der Waals surface area contributed by atoms with Gasteiger partial charge in [0.05, 0.1) is 29.8 Å². The normalized spacial score (nSPS) is 18.2. The Morgan fingerprint density at radius 2 is 1.76 bits per heavy atom. The van der Waals surface area contributed by atoms with Crippen LogP contribution < -0.4 is 10.3 Å². The quantitative estimate of drug-likeness (QED) is 0.387. The molecule has 0 saturated carbocycles. The Hall–Kier alpha value is -3.94. The minimum absolute atomic E-state index is 0.0470. The van der Waals surface area contributed by atoms with E-state index in [1.807, 2.05) is 43.3 Å². The van der Waals surface area contributed by atoms with Crippen LogP contribution in [0.25, 0.3) is 11.0 Å². The molecule has 2 aliphatic heterocycles. The van der Waals surface area contributed by atoms with Gasteiger partial charge in [-0.2, -0.15) is 0 Å². The van der Waals surface area contributed by atoms with Crippen molar-refractivity contribution in [3.63, 3.8) is 0 Å². The number of para-hydroxylation sites is 1. The Morgan fingerprint density at radius 3 is 2.54 bits per heavy atom. The molecule has 1 atom stereocenters. The number of amides is 2. The maximum absolute atomic E-state index is 14.6. The van der Waals surface area contributed by atoms with Crippen LogP contribution in [0.5, 0.6) is 0 Å². The third kappa shape index (κ3) is 3.21. The molecule has 0 saturated heterocycles.